The van der Waals surface area contributed by atoms with Crippen molar-refractivity contribution >= 4 is 28.4 Å². The molecule has 0 spiro atoms. The van der Waals surface area contributed by atoms with Gasteiger partial charge in [-0.1, -0.05) is 6.07 Å². The molecule has 138 valence electrons. The predicted octanol–water partition coefficient (Wildman–Crippen LogP) is 2.22. The van der Waals surface area contributed by atoms with Gasteiger partial charge in [0.1, 0.15) is 6.04 Å². The summed E-state index contributed by atoms with van der Waals surface area (Å²) in [6.07, 6.45) is 5.99. The van der Waals surface area contributed by atoms with Gasteiger partial charge in [-0.05, 0) is 49.8 Å². The minimum Gasteiger partial charge on any atom is -0.396 e. The minimum absolute atomic E-state index is 0.186. The molecule has 2 N–H and O–H groups in total. The largest absolute Gasteiger partial charge is 0.396 e. The van der Waals surface area contributed by atoms with Crippen LogP contribution in [-0.2, 0) is 9.59 Å². The molecule has 2 aliphatic heterocycles. The van der Waals surface area contributed by atoms with Crippen molar-refractivity contribution in [2.75, 3.05) is 24.6 Å². The molecule has 2 aromatic rings. The van der Waals surface area contributed by atoms with Gasteiger partial charge in [0.15, 0.2) is 0 Å². The number of piperidine rings is 2. The van der Waals surface area contributed by atoms with Crippen LogP contribution in [0.5, 0.6) is 0 Å². The lowest BCUT2D eigenvalue weighted by Gasteiger charge is -2.34. The molecule has 3 heterocycles. The summed E-state index contributed by atoms with van der Waals surface area (Å²) in [6, 6.07) is 7.98. The van der Waals surface area contributed by atoms with E-state index in [1.165, 1.54) is 5.69 Å². The van der Waals surface area contributed by atoms with Gasteiger partial charge < -0.3 is 14.6 Å². The highest BCUT2D eigenvalue weighted by atomic mass is 16.3. The quantitative estimate of drug-likeness (QED) is 0.825. The highest BCUT2D eigenvalue weighted by molar-refractivity contribution is 6.01. The normalized spacial score (nSPS) is 22.0. The number of amides is 2. The van der Waals surface area contributed by atoms with Gasteiger partial charge in [0.25, 0.3) is 0 Å². The van der Waals surface area contributed by atoms with Crippen LogP contribution in [-0.4, -0.2) is 41.2 Å². The van der Waals surface area contributed by atoms with E-state index >= 15 is 0 Å². The minimum atomic E-state index is -0.323. The Kier molecular flexibility index (Phi) is 4.68. The van der Waals surface area contributed by atoms with Crippen LogP contribution < -0.4 is 10.2 Å². The van der Waals surface area contributed by atoms with E-state index < -0.39 is 0 Å². The molecule has 2 saturated heterocycles. The molecule has 1 aromatic carbocycles. The van der Waals surface area contributed by atoms with Gasteiger partial charge in [-0.25, -0.2) is 0 Å². The number of hydrogen-bond acceptors (Lipinski definition) is 4. The summed E-state index contributed by atoms with van der Waals surface area (Å²) in [5.41, 5.74) is 2.24. The van der Waals surface area contributed by atoms with Gasteiger partial charge in [-0.2, -0.15) is 0 Å². The van der Waals surface area contributed by atoms with Crippen molar-refractivity contribution in [2.45, 2.75) is 38.1 Å². The van der Waals surface area contributed by atoms with E-state index in [2.05, 4.69) is 22.3 Å². The Balaban J connectivity index is 1.60. The Morgan fingerprint density at radius 1 is 1.12 bits per heavy atom. The SMILES string of the molecule is O=C1CC[C@@H](n2ccc3c(N4CCC(CCO)CC4)cccc32)C(=O)N1. The van der Waals surface area contributed by atoms with Crippen molar-refractivity contribution in [1.82, 2.24) is 9.88 Å². The fourth-order valence-corrected chi connectivity index (χ4v) is 4.31. The number of rotatable bonds is 4. The molecule has 4 rings (SSSR count). The maximum atomic E-state index is 12.2. The third-order valence-electron chi connectivity index (χ3n) is 5.78. The number of carbonyl (C=O) groups excluding carboxylic acids is 2. The lowest BCUT2D eigenvalue weighted by atomic mass is 9.93. The predicted molar refractivity (Wildman–Crippen MR) is 100.0 cm³/mol. The van der Waals surface area contributed by atoms with Crippen LogP contribution in [0.1, 0.15) is 38.1 Å². The molecule has 2 amide bonds. The molecule has 2 fully saturated rings. The number of fused-ring (bicyclic) bond motifs is 1. The first kappa shape index (κ1) is 17.1. The van der Waals surface area contributed by atoms with Crippen molar-refractivity contribution < 1.29 is 14.7 Å². The van der Waals surface area contributed by atoms with Gasteiger partial charge in [-0.3, -0.25) is 14.9 Å². The first-order valence-electron chi connectivity index (χ1n) is 9.46. The average Bonchev–Trinajstić information content (AvgIpc) is 3.07. The topological polar surface area (TPSA) is 74.6 Å². The van der Waals surface area contributed by atoms with Gasteiger partial charge in [0, 0.05) is 43.4 Å². The second-order valence-corrected chi connectivity index (χ2v) is 7.34. The first-order valence-corrected chi connectivity index (χ1v) is 9.46. The Hall–Kier alpha value is -2.34. The number of anilines is 1. The molecule has 2 aliphatic rings. The van der Waals surface area contributed by atoms with E-state index in [1.807, 2.05) is 22.9 Å². The van der Waals surface area contributed by atoms with E-state index in [9.17, 15) is 9.59 Å². The fourth-order valence-electron chi connectivity index (χ4n) is 4.31. The Morgan fingerprint density at radius 2 is 1.92 bits per heavy atom. The zero-order valence-corrected chi connectivity index (χ0v) is 14.9. The van der Waals surface area contributed by atoms with Crippen LogP contribution in [0.15, 0.2) is 30.5 Å². The Bertz CT molecular complexity index is 821. The molecule has 6 heteroatoms. The summed E-state index contributed by atoms with van der Waals surface area (Å²) in [4.78, 5) is 26.1. The van der Waals surface area contributed by atoms with Crippen LogP contribution in [0.3, 0.4) is 0 Å². The summed E-state index contributed by atoms with van der Waals surface area (Å²) in [5, 5.41) is 12.7. The highest BCUT2D eigenvalue weighted by Crippen LogP contribution is 2.34. The lowest BCUT2D eigenvalue weighted by Crippen LogP contribution is -2.41. The van der Waals surface area contributed by atoms with Gasteiger partial charge in [0.05, 0.1) is 5.52 Å². The van der Waals surface area contributed by atoms with Crippen molar-refractivity contribution in [1.29, 1.82) is 0 Å². The van der Waals surface area contributed by atoms with E-state index in [-0.39, 0.29) is 24.5 Å². The maximum absolute atomic E-state index is 12.2. The third kappa shape index (κ3) is 3.09. The fraction of sp³-hybridized carbons (Fsp3) is 0.500. The van der Waals surface area contributed by atoms with Crippen LogP contribution in [0.25, 0.3) is 10.9 Å². The maximum Gasteiger partial charge on any atom is 0.249 e. The number of nitrogens with zero attached hydrogens (tertiary/aromatic N) is 2. The zero-order chi connectivity index (χ0) is 18.1. The molecule has 1 aromatic heterocycles. The molecule has 0 aliphatic carbocycles. The number of carbonyl (C=O) groups is 2. The number of imide groups is 1. The van der Waals surface area contributed by atoms with Gasteiger partial charge in [0.2, 0.25) is 11.8 Å². The number of nitrogens with one attached hydrogen (secondary N) is 1. The number of benzene rings is 1. The average molecular weight is 355 g/mol. The monoisotopic (exact) mass is 355 g/mol. The number of aliphatic hydroxyl groups is 1. The summed E-state index contributed by atoms with van der Waals surface area (Å²) < 4.78 is 2.00. The molecule has 0 saturated carbocycles. The highest BCUT2D eigenvalue weighted by Gasteiger charge is 2.29. The molecular weight excluding hydrogens is 330 g/mol. The molecule has 0 bridgehead atoms. The van der Waals surface area contributed by atoms with E-state index in [1.54, 1.807) is 0 Å². The van der Waals surface area contributed by atoms with Crippen molar-refractivity contribution in [2.24, 2.45) is 5.92 Å². The van der Waals surface area contributed by atoms with Crippen LogP contribution in [0.4, 0.5) is 5.69 Å². The van der Waals surface area contributed by atoms with Crippen molar-refractivity contribution in [3.05, 3.63) is 30.5 Å². The second kappa shape index (κ2) is 7.11. The molecule has 6 nitrogen and oxygen atoms in total. The smallest absolute Gasteiger partial charge is 0.249 e. The van der Waals surface area contributed by atoms with Crippen molar-refractivity contribution in [3.8, 4) is 0 Å². The molecule has 1 atom stereocenters. The van der Waals surface area contributed by atoms with Gasteiger partial charge in [-0.15, -0.1) is 0 Å². The second-order valence-electron chi connectivity index (χ2n) is 7.34. The van der Waals surface area contributed by atoms with E-state index in [0.29, 0.717) is 18.8 Å². The Labute approximate surface area is 152 Å². The summed E-state index contributed by atoms with van der Waals surface area (Å²) in [5.74, 6) is 0.214. The van der Waals surface area contributed by atoms with Crippen LogP contribution in [0, 0.1) is 5.92 Å². The zero-order valence-electron chi connectivity index (χ0n) is 14.9. The molecule has 0 unspecified atom stereocenters. The summed E-state index contributed by atoms with van der Waals surface area (Å²) >= 11 is 0. The van der Waals surface area contributed by atoms with E-state index in [4.69, 9.17) is 5.11 Å². The number of aromatic nitrogens is 1. The van der Waals surface area contributed by atoms with Crippen molar-refractivity contribution in [3.63, 3.8) is 0 Å². The summed E-state index contributed by atoms with van der Waals surface area (Å²) in [6.45, 7) is 2.26. The van der Waals surface area contributed by atoms with Crippen LogP contribution >= 0.6 is 0 Å². The summed E-state index contributed by atoms with van der Waals surface area (Å²) in [7, 11) is 0. The molecular formula is C20H25N3O3. The Morgan fingerprint density at radius 3 is 2.65 bits per heavy atom. The number of aliphatic hydroxyl groups excluding tert-OH is 1. The lowest BCUT2D eigenvalue weighted by molar-refractivity contribution is -0.135. The standard InChI is InChI=1S/C20H25N3O3/c24-13-9-14-6-10-22(11-7-14)16-2-1-3-17-15(16)8-12-23(17)18-4-5-19(25)21-20(18)26/h1-3,8,12,14,18,24H,4-7,9-11,13H2,(H,21,25,26)/t18-/m1/s1. The molecule has 0 radical (unpaired) electrons. The van der Waals surface area contributed by atoms with E-state index in [0.717, 1.165) is 43.3 Å². The van der Waals surface area contributed by atoms with Gasteiger partial charge >= 0.3 is 0 Å². The van der Waals surface area contributed by atoms with Crippen LogP contribution in [0.2, 0.25) is 0 Å². The molecule has 26 heavy (non-hydrogen) atoms. The first-order chi connectivity index (χ1) is 12.7. The number of hydrogen-bond donors (Lipinski definition) is 2. The third-order valence-corrected chi connectivity index (χ3v) is 5.78.